The summed E-state index contributed by atoms with van der Waals surface area (Å²) in [6.45, 7) is 1.50. The number of aliphatic hydroxyl groups excluding tert-OH is 2. The van der Waals surface area contributed by atoms with Gasteiger partial charge < -0.3 is 26.6 Å². The summed E-state index contributed by atoms with van der Waals surface area (Å²) < 4.78 is 0. The Morgan fingerprint density at radius 2 is 1.81 bits per heavy atom. The van der Waals surface area contributed by atoms with Crippen molar-refractivity contribution in [1.82, 2.24) is 0 Å². The molecule has 0 bridgehead atoms. The molecule has 0 radical (unpaired) electrons. The van der Waals surface area contributed by atoms with E-state index in [0.717, 1.165) is 21.7 Å². The van der Waals surface area contributed by atoms with Gasteiger partial charge >= 0.3 is 0 Å². The first-order valence-corrected chi connectivity index (χ1v) is 7.71. The van der Waals surface area contributed by atoms with E-state index in [2.05, 4.69) is 11.4 Å². The Morgan fingerprint density at radius 3 is 2.38 bits per heavy atom. The van der Waals surface area contributed by atoms with Gasteiger partial charge in [0.05, 0.1) is 13.2 Å². The van der Waals surface area contributed by atoms with Crippen LogP contribution >= 0.6 is 11.3 Å². The number of hydrogen-bond donors (Lipinski definition) is 4. The lowest BCUT2D eigenvalue weighted by molar-refractivity contribution is 0.281. The molecule has 5 nitrogen and oxygen atoms in total. The predicted molar refractivity (Wildman–Crippen MR) is 88.4 cm³/mol. The number of nitrogen functional groups attached to an aromatic ring is 1. The summed E-state index contributed by atoms with van der Waals surface area (Å²) in [5.74, 6) is 0. The molecular formula is C15H21N3O2S. The van der Waals surface area contributed by atoms with Gasteiger partial charge in [0.25, 0.3) is 0 Å². The number of anilines is 2. The summed E-state index contributed by atoms with van der Waals surface area (Å²) in [5.41, 5.74) is 15.3. The number of benzene rings is 1. The van der Waals surface area contributed by atoms with E-state index in [1.54, 1.807) is 11.3 Å². The molecule has 114 valence electrons. The van der Waals surface area contributed by atoms with Crippen LogP contribution in [0.5, 0.6) is 0 Å². The van der Waals surface area contributed by atoms with Gasteiger partial charge in [-0.05, 0) is 35.2 Å². The fourth-order valence-corrected chi connectivity index (χ4v) is 3.05. The van der Waals surface area contributed by atoms with Crippen LogP contribution in [0.3, 0.4) is 0 Å². The Hall–Kier alpha value is -1.60. The van der Waals surface area contributed by atoms with Gasteiger partial charge in [0.2, 0.25) is 0 Å². The molecule has 0 spiro atoms. The molecule has 21 heavy (non-hydrogen) atoms. The summed E-state index contributed by atoms with van der Waals surface area (Å²) in [6.07, 6.45) is 0. The lowest BCUT2D eigenvalue weighted by atomic mass is 10.0. The lowest BCUT2D eigenvalue weighted by Gasteiger charge is -2.25. The second kappa shape index (κ2) is 7.42. The van der Waals surface area contributed by atoms with Crippen LogP contribution in [0.25, 0.3) is 11.1 Å². The monoisotopic (exact) mass is 307 g/mol. The molecule has 0 aliphatic carbocycles. The minimum atomic E-state index is 0.0293. The standard InChI is InChI=1S/C15H21N3O2S/c16-9-13-7-11(10-21-13)14-8-12(17)1-2-15(14)18(3-5-19)4-6-20/h1-2,7-8,10,19-20H,3-6,9,16-17H2. The van der Waals surface area contributed by atoms with Crippen molar-refractivity contribution in [3.05, 3.63) is 34.5 Å². The molecule has 0 saturated carbocycles. The number of aliphatic hydroxyl groups is 2. The Bertz CT molecular complexity index is 580. The van der Waals surface area contributed by atoms with Gasteiger partial charge in [-0.2, -0.15) is 0 Å². The first-order valence-electron chi connectivity index (χ1n) is 6.83. The van der Waals surface area contributed by atoms with Crippen LogP contribution < -0.4 is 16.4 Å². The van der Waals surface area contributed by atoms with Crippen LogP contribution in [-0.2, 0) is 6.54 Å². The van der Waals surface area contributed by atoms with Gasteiger partial charge in [-0.15, -0.1) is 11.3 Å². The van der Waals surface area contributed by atoms with Gasteiger partial charge in [-0.25, -0.2) is 0 Å². The third kappa shape index (κ3) is 3.74. The van der Waals surface area contributed by atoms with Crippen molar-refractivity contribution >= 4 is 22.7 Å². The summed E-state index contributed by atoms with van der Waals surface area (Å²) in [6, 6.07) is 7.73. The summed E-state index contributed by atoms with van der Waals surface area (Å²) in [5, 5.41) is 20.5. The van der Waals surface area contributed by atoms with Crippen molar-refractivity contribution in [2.24, 2.45) is 5.73 Å². The second-order valence-electron chi connectivity index (χ2n) is 4.72. The second-order valence-corrected chi connectivity index (χ2v) is 5.71. The van der Waals surface area contributed by atoms with Gasteiger partial charge in [0.15, 0.2) is 0 Å². The van der Waals surface area contributed by atoms with Gasteiger partial charge in [-0.1, -0.05) is 0 Å². The summed E-state index contributed by atoms with van der Waals surface area (Å²) in [7, 11) is 0. The van der Waals surface area contributed by atoms with E-state index in [1.807, 2.05) is 23.1 Å². The molecule has 0 saturated heterocycles. The molecule has 0 unspecified atom stereocenters. The first-order chi connectivity index (χ1) is 10.2. The largest absolute Gasteiger partial charge is 0.399 e. The molecule has 0 fully saturated rings. The van der Waals surface area contributed by atoms with Crippen molar-refractivity contribution in [3.8, 4) is 11.1 Å². The highest BCUT2D eigenvalue weighted by Crippen LogP contribution is 2.35. The Balaban J connectivity index is 2.45. The molecule has 0 atom stereocenters. The molecule has 0 aliphatic rings. The number of hydrogen-bond acceptors (Lipinski definition) is 6. The van der Waals surface area contributed by atoms with Crippen LogP contribution in [0.2, 0.25) is 0 Å². The highest BCUT2D eigenvalue weighted by atomic mass is 32.1. The zero-order valence-electron chi connectivity index (χ0n) is 11.8. The Morgan fingerprint density at radius 1 is 1.10 bits per heavy atom. The Labute approximate surface area is 128 Å². The fraction of sp³-hybridized carbons (Fsp3) is 0.333. The SMILES string of the molecule is NCc1cc(-c2cc(N)ccc2N(CCO)CCO)cs1. The van der Waals surface area contributed by atoms with E-state index in [0.29, 0.717) is 25.3 Å². The van der Waals surface area contributed by atoms with E-state index in [1.165, 1.54) is 0 Å². The summed E-state index contributed by atoms with van der Waals surface area (Å²) in [4.78, 5) is 3.06. The van der Waals surface area contributed by atoms with Gasteiger partial charge in [0, 0.05) is 41.4 Å². The van der Waals surface area contributed by atoms with Crippen molar-refractivity contribution < 1.29 is 10.2 Å². The van der Waals surface area contributed by atoms with E-state index in [9.17, 15) is 10.2 Å². The molecule has 1 aromatic carbocycles. The minimum Gasteiger partial charge on any atom is -0.399 e. The van der Waals surface area contributed by atoms with E-state index < -0.39 is 0 Å². The minimum absolute atomic E-state index is 0.0293. The highest BCUT2D eigenvalue weighted by Gasteiger charge is 2.13. The average molecular weight is 307 g/mol. The lowest BCUT2D eigenvalue weighted by Crippen LogP contribution is -2.30. The van der Waals surface area contributed by atoms with Crippen LogP contribution in [0, 0.1) is 0 Å². The molecule has 0 aliphatic heterocycles. The first kappa shape index (κ1) is 15.8. The van der Waals surface area contributed by atoms with Crippen LogP contribution in [-0.4, -0.2) is 36.5 Å². The van der Waals surface area contributed by atoms with E-state index >= 15 is 0 Å². The molecule has 2 aromatic rings. The maximum atomic E-state index is 9.22. The average Bonchev–Trinajstić information content (AvgIpc) is 2.96. The third-order valence-electron chi connectivity index (χ3n) is 3.27. The van der Waals surface area contributed by atoms with Crippen LogP contribution in [0.4, 0.5) is 11.4 Å². The molecule has 1 aromatic heterocycles. The van der Waals surface area contributed by atoms with E-state index in [-0.39, 0.29) is 13.2 Å². The zero-order valence-corrected chi connectivity index (χ0v) is 12.6. The number of thiophene rings is 1. The molecule has 6 N–H and O–H groups in total. The highest BCUT2D eigenvalue weighted by molar-refractivity contribution is 7.10. The quantitative estimate of drug-likeness (QED) is 0.577. The molecule has 0 amide bonds. The van der Waals surface area contributed by atoms with Crippen molar-refractivity contribution in [3.63, 3.8) is 0 Å². The zero-order chi connectivity index (χ0) is 15.2. The normalized spacial score (nSPS) is 10.8. The van der Waals surface area contributed by atoms with Crippen molar-refractivity contribution in [2.75, 3.05) is 36.9 Å². The molecule has 1 heterocycles. The number of nitrogens with zero attached hydrogens (tertiary/aromatic N) is 1. The van der Waals surface area contributed by atoms with Crippen molar-refractivity contribution in [2.45, 2.75) is 6.54 Å². The Kier molecular flexibility index (Phi) is 5.58. The maximum Gasteiger partial charge on any atom is 0.0606 e. The third-order valence-corrected chi connectivity index (χ3v) is 4.23. The molecule has 2 rings (SSSR count). The maximum absolute atomic E-state index is 9.22. The van der Waals surface area contributed by atoms with Crippen LogP contribution in [0.15, 0.2) is 29.6 Å². The topological polar surface area (TPSA) is 95.7 Å². The number of rotatable bonds is 7. The predicted octanol–water partition coefficient (Wildman–Crippen LogP) is 1.25. The van der Waals surface area contributed by atoms with Crippen molar-refractivity contribution in [1.29, 1.82) is 0 Å². The molecule has 6 heteroatoms. The summed E-state index contributed by atoms with van der Waals surface area (Å²) >= 11 is 1.61. The van der Waals surface area contributed by atoms with Gasteiger partial charge in [-0.3, -0.25) is 0 Å². The van der Waals surface area contributed by atoms with Gasteiger partial charge in [0.1, 0.15) is 0 Å². The number of nitrogens with two attached hydrogens (primary N) is 2. The fourth-order valence-electron chi connectivity index (χ4n) is 2.28. The molecular weight excluding hydrogens is 286 g/mol. The van der Waals surface area contributed by atoms with E-state index in [4.69, 9.17) is 11.5 Å². The smallest absolute Gasteiger partial charge is 0.0606 e. The van der Waals surface area contributed by atoms with Crippen LogP contribution in [0.1, 0.15) is 4.88 Å².